The third-order valence-electron chi connectivity index (χ3n) is 3.83. The van der Waals surface area contributed by atoms with E-state index in [0.29, 0.717) is 16.6 Å². The number of hydrogen-bond donors (Lipinski definition) is 0. The molecule has 116 valence electrons. The van der Waals surface area contributed by atoms with Crippen molar-refractivity contribution < 1.29 is 9.53 Å². The van der Waals surface area contributed by atoms with Gasteiger partial charge in [-0.15, -0.1) is 0 Å². The average Bonchev–Trinajstić information content (AvgIpc) is 2.55. The van der Waals surface area contributed by atoms with Crippen molar-refractivity contribution in [2.75, 3.05) is 7.11 Å². The van der Waals surface area contributed by atoms with Gasteiger partial charge in [-0.2, -0.15) is 0 Å². The third kappa shape index (κ3) is 2.40. The van der Waals surface area contributed by atoms with E-state index in [2.05, 4.69) is 4.98 Å². The molecule has 0 atom stereocenters. The van der Waals surface area contributed by atoms with Gasteiger partial charge in [-0.1, -0.05) is 30.3 Å². The first-order valence-corrected chi connectivity index (χ1v) is 7.21. The molecule has 0 spiro atoms. The number of aromatic nitrogens is 2. The smallest absolute Gasteiger partial charge is 0.374 e. The van der Waals surface area contributed by atoms with Gasteiger partial charge in [0.05, 0.1) is 23.7 Å². The molecule has 5 nitrogen and oxygen atoms in total. The van der Waals surface area contributed by atoms with E-state index in [-0.39, 0.29) is 11.4 Å². The zero-order valence-electron chi connectivity index (χ0n) is 13.2. The van der Waals surface area contributed by atoms with Gasteiger partial charge in [0.25, 0.3) is 5.56 Å². The van der Waals surface area contributed by atoms with E-state index >= 15 is 0 Å². The topological polar surface area (TPSA) is 61.2 Å². The number of esters is 1. The summed E-state index contributed by atoms with van der Waals surface area (Å²) < 4.78 is 6.14. The largest absolute Gasteiger partial charge is 0.463 e. The molecule has 1 heterocycles. The van der Waals surface area contributed by atoms with E-state index in [1.54, 1.807) is 12.1 Å². The molecule has 0 unspecified atom stereocenters. The Labute approximate surface area is 133 Å². The van der Waals surface area contributed by atoms with E-state index in [1.165, 1.54) is 11.7 Å². The second-order valence-corrected chi connectivity index (χ2v) is 5.32. The molecule has 0 saturated heterocycles. The molecule has 0 saturated carbocycles. The summed E-state index contributed by atoms with van der Waals surface area (Å²) in [5.41, 5.74) is 2.52. The molecule has 3 rings (SSSR count). The fraction of sp³-hybridized carbons (Fsp3) is 0.167. The summed E-state index contributed by atoms with van der Waals surface area (Å²) in [5, 5.41) is 0.503. The van der Waals surface area contributed by atoms with Gasteiger partial charge >= 0.3 is 5.97 Å². The lowest BCUT2D eigenvalue weighted by atomic mass is 10.1. The van der Waals surface area contributed by atoms with Gasteiger partial charge in [0.15, 0.2) is 0 Å². The number of ether oxygens (including phenoxy) is 1. The number of aryl methyl sites for hydroxylation is 2. The fourth-order valence-corrected chi connectivity index (χ4v) is 2.66. The number of fused-ring (bicyclic) bond motifs is 1. The maximum atomic E-state index is 13.1. The first-order chi connectivity index (χ1) is 11.0. The SMILES string of the molecule is COC(=O)c1nc2cccc(C)c2c(=O)n1-c1ccccc1C. The normalized spacial score (nSPS) is 10.7. The lowest BCUT2D eigenvalue weighted by Crippen LogP contribution is -2.28. The maximum absolute atomic E-state index is 13.1. The summed E-state index contributed by atoms with van der Waals surface area (Å²) in [7, 11) is 1.27. The van der Waals surface area contributed by atoms with Gasteiger partial charge in [0.2, 0.25) is 5.82 Å². The number of rotatable bonds is 2. The predicted molar refractivity (Wildman–Crippen MR) is 88.2 cm³/mol. The Morgan fingerprint density at radius 1 is 1.04 bits per heavy atom. The lowest BCUT2D eigenvalue weighted by molar-refractivity contribution is 0.0583. The average molecular weight is 308 g/mol. The highest BCUT2D eigenvalue weighted by atomic mass is 16.5. The van der Waals surface area contributed by atoms with Crippen molar-refractivity contribution in [1.29, 1.82) is 0 Å². The van der Waals surface area contributed by atoms with Crippen LogP contribution in [0, 0.1) is 13.8 Å². The Bertz CT molecular complexity index is 974. The summed E-state index contributed by atoms with van der Waals surface area (Å²) in [6, 6.07) is 12.7. The summed E-state index contributed by atoms with van der Waals surface area (Å²) in [4.78, 5) is 29.6. The molecule has 3 aromatic rings. The van der Waals surface area contributed by atoms with Crippen LogP contribution in [0.15, 0.2) is 47.3 Å². The molecular formula is C18H16N2O3. The van der Waals surface area contributed by atoms with Gasteiger partial charge in [0.1, 0.15) is 0 Å². The molecule has 0 fully saturated rings. The first kappa shape index (κ1) is 15.0. The number of carbonyl (C=O) groups excluding carboxylic acids is 1. The van der Waals surface area contributed by atoms with Crippen LogP contribution < -0.4 is 5.56 Å². The zero-order chi connectivity index (χ0) is 16.6. The number of hydrogen-bond acceptors (Lipinski definition) is 4. The van der Waals surface area contributed by atoms with Crippen LogP contribution in [0.25, 0.3) is 16.6 Å². The van der Waals surface area contributed by atoms with Crippen LogP contribution in [0.4, 0.5) is 0 Å². The van der Waals surface area contributed by atoms with Gasteiger partial charge in [-0.25, -0.2) is 9.78 Å². The molecular weight excluding hydrogens is 292 g/mol. The van der Waals surface area contributed by atoms with Crippen molar-refractivity contribution in [3.63, 3.8) is 0 Å². The Kier molecular flexibility index (Phi) is 3.70. The summed E-state index contributed by atoms with van der Waals surface area (Å²) in [6.07, 6.45) is 0. The Balaban J connectivity index is 2.50. The van der Waals surface area contributed by atoms with Crippen molar-refractivity contribution in [2.24, 2.45) is 0 Å². The second-order valence-electron chi connectivity index (χ2n) is 5.32. The lowest BCUT2D eigenvalue weighted by Gasteiger charge is -2.14. The molecule has 1 aromatic heterocycles. The minimum atomic E-state index is -0.645. The first-order valence-electron chi connectivity index (χ1n) is 7.21. The highest BCUT2D eigenvalue weighted by molar-refractivity contribution is 5.90. The molecule has 0 radical (unpaired) electrons. The number of carbonyl (C=O) groups is 1. The van der Waals surface area contributed by atoms with Crippen molar-refractivity contribution in [2.45, 2.75) is 13.8 Å². The monoisotopic (exact) mass is 308 g/mol. The van der Waals surface area contributed by atoms with E-state index in [4.69, 9.17) is 4.74 Å². The molecule has 2 aromatic carbocycles. The van der Waals surface area contributed by atoms with E-state index in [9.17, 15) is 9.59 Å². The van der Waals surface area contributed by atoms with E-state index < -0.39 is 5.97 Å². The van der Waals surface area contributed by atoms with Crippen LogP contribution in [0.5, 0.6) is 0 Å². The molecule has 0 N–H and O–H groups in total. The Morgan fingerprint density at radius 3 is 2.43 bits per heavy atom. The Hall–Kier alpha value is -2.95. The minimum absolute atomic E-state index is 0.0232. The molecule has 5 heteroatoms. The second kappa shape index (κ2) is 5.68. The summed E-state index contributed by atoms with van der Waals surface area (Å²) >= 11 is 0. The predicted octanol–water partition coefficient (Wildman–Crippen LogP) is 2.79. The number of para-hydroxylation sites is 1. The van der Waals surface area contributed by atoms with Crippen LogP contribution >= 0.6 is 0 Å². The van der Waals surface area contributed by atoms with E-state index in [0.717, 1.165) is 11.1 Å². The van der Waals surface area contributed by atoms with Crippen molar-refractivity contribution in [3.05, 3.63) is 69.8 Å². The van der Waals surface area contributed by atoms with Crippen LogP contribution in [0.3, 0.4) is 0 Å². The number of nitrogens with zero attached hydrogens (tertiary/aromatic N) is 2. The fourth-order valence-electron chi connectivity index (χ4n) is 2.66. The van der Waals surface area contributed by atoms with E-state index in [1.807, 2.05) is 44.2 Å². The summed E-state index contributed by atoms with van der Waals surface area (Å²) in [5.74, 6) is -0.668. The highest BCUT2D eigenvalue weighted by Gasteiger charge is 2.20. The standard InChI is InChI=1S/C18H16N2O3/c1-11-7-4-5-10-14(11)20-16(18(22)23-3)19-13-9-6-8-12(2)15(13)17(20)21/h4-10H,1-3H3. The van der Waals surface area contributed by atoms with Crippen LogP contribution in [0.2, 0.25) is 0 Å². The van der Waals surface area contributed by atoms with Crippen LogP contribution in [-0.2, 0) is 4.74 Å². The molecule has 0 aliphatic rings. The van der Waals surface area contributed by atoms with Crippen molar-refractivity contribution in [1.82, 2.24) is 9.55 Å². The Morgan fingerprint density at radius 2 is 1.74 bits per heavy atom. The summed E-state index contributed by atoms with van der Waals surface area (Å²) in [6.45, 7) is 3.73. The molecule has 0 bridgehead atoms. The molecule has 0 aliphatic carbocycles. The van der Waals surface area contributed by atoms with Gasteiger partial charge in [0, 0.05) is 0 Å². The number of methoxy groups -OCH3 is 1. The molecule has 0 aliphatic heterocycles. The highest BCUT2D eigenvalue weighted by Crippen LogP contribution is 2.18. The third-order valence-corrected chi connectivity index (χ3v) is 3.83. The minimum Gasteiger partial charge on any atom is -0.463 e. The van der Waals surface area contributed by atoms with Crippen LogP contribution in [0.1, 0.15) is 21.7 Å². The maximum Gasteiger partial charge on any atom is 0.374 e. The molecule has 23 heavy (non-hydrogen) atoms. The van der Waals surface area contributed by atoms with Gasteiger partial charge in [-0.05, 0) is 37.1 Å². The quantitative estimate of drug-likeness (QED) is 0.683. The van der Waals surface area contributed by atoms with Crippen LogP contribution in [-0.4, -0.2) is 22.6 Å². The van der Waals surface area contributed by atoms with Crippen molar-refractivity contribution in [3.8, 4) is 5.69 Å². The van der Waals surface area contributed by atoms with Crippen molar-refractivity contribution >= 4 is 16.9 Å². The van der Waals surface area contributed by atoms with Gasteiger partial charge in [-0.3, -0.25) is 9.36 Å². The number of benzene rings is 2. The zero-order valence-corrected chi connectivity index (χ0v) is 13.2. The molecule has 0 amide bonds. The van der Waals surface area contributed by atoms with Gasteiger partial charge < -0.3 is 4.74 Å².